The summed E-state index contributed by atoms with van der Waals surface area (Å²) in [7, 11) is 0. The van der Waals surface area contributed by atoms with Crippen LogP contribution < -0.4 is 0 Å². The normalized spacial score (nSPS) is 17.2. The van der Waals surface area contributed by atoms with E-state index in [0.717, 1.165) is 12.8 Å². The van der Waals surface area contributed by atoms with Crippen molar-refractivity contribution in [3.05, 3.63) is 12.2 Å². The summed E-state index contributed by atoms with van der Waals surface area (Å²) in [6.45, 7) is 16.2. The van der Waals surface area contributed by atoms with Gasteiger partial charge >= 0.3 is 29.8 Å². The molecular weight excluding hydrogens is 496 g/mol. The number of rotatable bonds is 13. The van der Waals surface area contributed by atoms with Gasteiger partial charge in [-0.05, 0) is 60.3 Å². The van der Waals surface area contributed by atoms with Crippen LogP contribution in [-0.2, 0) is 42.9 Å². The second-order valence-corrected chi connectivity index (χ2v) is 10.7. The molecule has 0 bridgehead atoms. The highest BCUT2D eigenvalue weighted by Gasteiger charge is 2.37. The van der Waals surface area contributed by atoms with Crippen LogP contribution in [0.4, 0.5) is 0 Å². The lowest BCUT2D eigenvalue weighted by molar-refractivity contribution is -0.164. The van der Waals surface area contributed by atoms with Gasteiger partial charge in [-0.15, -0.1) is 0 Å². The van der Waals surface area contributed by atoms with Gasteiger partial charge in [-0.2, -0.15) is 0 Å². The summed E-state index contributed by atoms with van der Waals surface area (Å²) >= 11 is 0. The maximum Gasteiger partial charge on any atom is 0.333 e. The summed E-state index contributed by atoms with van der Waals surface area (Å²) in [6.07, 6.45) is 4.08. The molecule has 0 aromatic carbocycles. The van der Waals surface area contributed by atoms with E-state index in [2.05, 4.69) is 6.58 Å². The number of carbonyl (C=O) groups is 5. The molecular formula is C28H46O10. The Hall–Kier alpha value is -2.91. The minimum Gasteiger partial charge on any atom is -0.481 e. The molecule has 0 amide bonds. The van der Waals surface area contributed by atoms with Crippen LogP contribution in [0.2, 0.25) is 0 Å². The highest BCUT2D eigenvalue weighted by Crippen LogP contribution is 2.31. The number of ether oxygens (including phenoxy) is 4. The lowest BCUT2D eigenvalue weighted by atomic mass is 9.79. The molecule has 0 aromatic rings. The molecule has 0 radical (unpaired) electrons. The Bertz CT molecular complexity index is 827. The number of aliphatic carboxylic acids is 1. The first-order valence-electron chi connectivity index (χ1n) is 13.2. The third kappa shape index (κ3) is 12.6. The average Bonchev–Trinajstić information content (AvgIpc) is 2.88. The first kappa shape index (κ1) is 35.1. The van der Waals surface area contributed by atoms with E-state index in [0.29, 0.717) is 31.3 Å². The van der Waals surface area contributed by atoms with Crippen LogP contribution in [0.15, 0.2) is 12.2 Å². The van der Waals surface area contributed by atoms with Crippen LogP contribution in [-0.4, -0.2) is 61.4 Å². The smallest absolute Gasteiger partial charge is 0.333 e. The minimum atomic E-state index is -0.947. The van der Waals surface area contributed by atoms with Gasteiger partial charge in [0.05, 0.1) is 22.7 Å². The van der Waals surface area contributed by atoms with Crippen molar-refractivity contribution in [3.8, 4) is 0 Å². The topological polar surface area (TPSA) is 142 Å². The van der Waals surface area contributed by atoms with Crippen LogP contribution in [0.25, 0.3) is 0 Å². The number of carboxylic acid groups (broad SMARTS) is 1. The molecule has 1 fully saturated rings. The zero-order valence-electron chi connectivity index (χ0n) is 24.1. The monoisotopic (exact) mass is 542 g/mol. The van der Waals surface area contributed by atoms with Crippen molar-refractivity contribution in [1.29, 1.82) is 0 Å². The van der Waals surface area contributed by atoms with Gasteiger partial charge in [0, 0.05) is 5.57 Å². The Morgan fingerprint density at radius 3 is 1.53 bits per heavy atom. The molecule has 1 saturated carbocycles. The van der Waals surface area contributed by atoms with Crippen LogP contribution in [0.1, 0.15) is 87.0 Å². The Morgan fingerprint density at radius 1 is 0.737 bits per heavy atom. The SMILES string of the molecule is C=C(C)C(=O)OCCOC(=O)C(C)(C)CC.CCC(C)(C)C(=O)OCCOC(=O)C1CCCCC1C(=O)O. The van der Waals surface area contributed by atoms with Gasteiger partial charge in [-0.25, -0.2) is 4.79 Å². The molecule has 38 heavy (non-hydrogen) atoms. The zero-order chi connectivity index (χ0) is 29.5. The van der Waals surface area contributed by atoms with E-state index < -0.39 is 40.6 Å². The summed E-state index contributed by atoms with van der Waals surface area (Å²) in [5.74, 6) is -3.77. The fourth-order valence-electron chi connectivity index (χ4n) is 3.16. The fourth-order valence-corrected chi connectivity index (χ4v) is 3.16. The van der Waals surface area contributed by atoms with E-state index in [1.807, 2.05) is 27.7 Å². The predicted molar refractivity (Wildman–Crippen MR) is 140 cm³/mol. The number of hydrogen-bond donors (Lipinski definition) is 1. The van der Waals surface area contributed by atoms with Crippen molar-refractivity contribution >= 4 is 29.8 Å². The molecule has 1 rings (SSSR count). The largest absolute Gasteiger partial charge is 0.481 e. The van der Waals surface area contributed by atoms with Crippen molar-refractivity contribution in [2.45, 2.75) is 87.0 Å². The molecule has 1 N–H and O–H groups in total. The fraction of sp³-hybridized carbons (Fsp3) is 0.750. The van der Waals surface area contributed by atoms with Crippen LogP contribution >= 0.6 is 0 Å². The number of esters is 4. The highest BCUT2D eigenvalue weighted by molar-refractivity contribution is 5.87. The average molecular weight is 543 g/mol. The van der Waals surface area contributed by atoms with E-state index in [1.165, 1.54) is 0 Å². The molecule has 1 aliphatic carbocycles. The molecule has 218 valence electrons. The van der Waals surface area contributed by atoms with Crippen molar-refractivity contribution in [3.63, 3.8) is 0 Å². The van der Waals surface area contributed by atoms with Gasteiger partial charge in [-0.1, -0.05) is 33.3 Å². The molecule has 0 heterocycles. The van der Waals surface area contributed by atoms with Gasteiger partial charge in [0.15, 0.2) is 0 Å². The van der Waals surface area contributed by atoms with Gasteiger partial charge in [0.25, 0.3) is 0 Å². The van der Waals surface area contributed by atoms with E-state index in [4.69, 9.17) is 24.1 Å². The summed E-state index contributed by atoms with van der Waals surface area (Å²) in [5.41, 5.74) is -0.708. The van der Waals surface area contributed by atoms with Crippen molar-refractivity contribution < 1.29 is 48.0 Å². The van der Waals surface area contributed by atoms with E-state index >= 15 is 0 Å². The molecule has 0 aliphatic heterocycles. The molecule has 10 heteroatoms. The lowest BCUT2D eigenvalue weighted by Crippen LogP contribution is -2.34. The molecule has 0 spiro atoms. The van der Waals surface area contributed by atoms with Crippen molar-refractivity contribution in [2.75, 3.05) is 26.4 Å². The van der Waals surface area contributed by atoms with Gasteiger partial charge in [0.2, 0.25) is 0 Å². The predicted octanol–water partition coefficient (Wildman–Crippen LogP) is 4.49. The maximum absolute atomic E-state index is 12.0. The van der Waals surface area contributed by atoms with Gasteiger partial charge in [0.1, 0.15) is 26.4 Å². The Kier molecular flexibility index (Phi) is 15.5. The summed E-state index contributed by atoms with van der Waals surface area (Å²) < 4.78 is 19.9. The second-order valence-electron chi connectivity index (χ2n) is 10.7. The summed E-state index contributed by atoms with van der Waals surface area (Å²) in [6, 6.07) is 0. The molecule has 0 saturated heterocycles. The van der Waals surface area contributed by atoms with Crippen LogP contribution in [0, 0.1) is 22.7 Å². The molecule has 10 nitrogen and oxygen atoms in total. The lowest BCUT2D eigenvalue weighted by Gasteiger charge is -2.26. The van der Waals surface area contributed by atoms with Crippen molar-refractivity contribution in [1.82, 2.24) is 0 Å². The quantitative estimate of drug-likeness (QED) is 0.153. The van der Waals surface area contributed by atoms with E-state index in [1.54, 1.807) is 20.8 Å². The standard InChI is InChI=1S/C16H26O6.C12H20O4/c1-4-16(2,3)15(20)22-10-9-21-14(19)12-8-6-5-7-11(12)13(17)18;1-6-12(4,5)11(14)16-8-7-15-10(13)9(2)3/h11-12H,4-10H2,1-3H3,(H,17,18);2,6-8H2,1,3-5H3. The van der Waals surface area contributed by atoms with Crippen molar-refractivity contribution in [2.24, 2.45) is 22.7 Å². The second kappa shape index (κ2) is 16.8. The molecule has 0 aromatic heterocycles. The minimum absolute atomic E-state index is 0.00153. The Morgan fingerprint density at radius 2 is 1.13 bits per heavy atom. The third-order valence-corrected chi connectivity index (χ3v) is 6.72. The zero-order valence-corrected chi connectivity index (χ0v) is 24.1. The molecule has 2 unspecified atom stereocenters. The molecule has 1 aliphatic rings. The number of hydrogen-bond acceptors (Lipinski definition) is 9. The first-order chi connectivity index (χ1) is 17.6. The van der Waals surface area contributed by atoms with Gasteiger partial charge < -0.3 is 24.1 Å². The Labute approximate surface area is 226 Å². The highest BCUT2D eigenvalue weighted by atomic mass is 16.6. The molecule has 2 atom stereocenters. The summed E-state index contributed by atoms with van der Waals surface area (Å²) in [5, 5.41) is 9.14. The van der Waals surface area contributed by atoms with E-state index in [9.17, 15) is 24.0 Å². The number of carbonyl (C=O) groups excluding carboxylic acids is 4. The summed E-state index contributed by atoms with van der Waals surface area (Å²) in [4.78, 5) is 57.4. The Balaban J connectivity index is 0.000000761. The van der Waals surface area contributed by atoms with Gasteiger partial charge in [-0.3, -0.25) is 19.2 Å². The van der Waals surface area contributed by atoms with Crippen LogP contribution in [0.3, 0.4) is 0 Å². The maximum atomic E-state index is 12.0. The number of carboxylic acids is 1. The first-order valence-corrected chi connectivity index (χ1v) is 13.2. The van der Waals surface area contributed by atoms with E-state index in [-0.39, 0.29) is 38.4 Å². The van der Waals surface area contributed by atoms with Crippen LogP contribution in [0.5, 0.6) is 0 Å². The third-order valence-electron chi connectivity index (χ3n) is 6.72.